The summed E-state index contributed by atoms with van der Waals surface area (Å²) in [4.78, 5) is 27.3. The average Bonchev–Trinajstić information content (AvgIpc) is 3.01. The van der Waals surface area contributed by atoms with Crippen LogP contribution in [0.2, 0.25) is 0 Å². The summed E-state index contributed by atoms with van der Waals surface area (Å²) in [6.07, 6.45) is 8.91. The maximum absolute atomic E-state index is 13.7. The number of ether oxygens (including phenoxy) is 2. The van der Waals surface area contributed by atoms with E-state index in [4.69, 9.17) is 15.2 Å². The molecule has 2 aliphatic rings. The standard InChI is InChI=1S/C37H41NO4/c1-5-15-30(38)28-21-14-16-24(2)31(28)32-29-22-12-13-23-37(29,4)25(3)33(41-35(39)26-17-8-6-9-18-26)34(32)42-36(40)27-19-10-7-11-20-27/h6-14,16-23,25,29-30,32-34H,5,15,38H2,1-4H3/t25?,29?,30?,32?,33-,34?,37?/m1/s1. The normalized spacial score (nSPS) is 27.1. The number of fused-ring (bicyclic) bond motifs is 1. The molecule has 3 aromatic rings. The zero-order valence-corrected chi connectivity index (χ0v) is 24.9. The van der Waals surface area contributed by atoms with Crippen LogP contribution in [-0.4, -0.2) is 24.1 Å². The maximum Gasteiger partial charge on any atom is 0.338 e. The van der Waals surface area contributed by atoms with Crippen LogP contribution in [0.1, 0.15) is 83.0 Å². The predicted octanol–water partition coefficient (Wildman–Crippen LogP) is 7.73. The summed E-state index contributed by atoms with van der Waals surface area (Å²) in [6.45, 7) is 8.54. The average molecular weight is 564 g/mol. The lowest BCUT2D eigenvalue weighted by Crippen LogP contribution is -2.58. The molecular formula is C37H41NO4. The van der Waals surface area contributed by atoms with Crippen LogP contribution in [-0.2, 0) is 9.47 Å². The van der Waals surface area contributed by atoms with Gasteiger partial charge in [0.15, 0.2) is 0 Å². The minimum Gasteiger partial charge on any atom is -0.454 e. The molecule has 1 saturated carbocycles. The van der Waals surface area contributed by atoms with Gasteiger partial charge in [-0.3, -0.25) is 0 Å². The SMILES string of the molecule is CCCC(N)c1cccc(C)c1C1C(OC(=O)c2ccccc2)[C@H](OC(=O)c2ccccc2)C(C)C2(C)C=CC=CC12. The molecule has 218 valence electrons. The molecule has 0 aliphatic heterocycles. The van der Waals surface area contributed by atoms with Gasteiger partial charge in [0.1, 0.15) is 12.2 Å². The summed E-state index contributed by atoms with van der Waals surface area (Å²) in [5.41, 5.74) is 10.6. The highest BCUT2D eigenvalue weighted by molar-refractivity contribution is 5.90. The Bertz CT molecular complexity index is 1460. The number of carbonyl (C=O) groups excluding carboxylic acids is 2. The molecule has 0 spiro atoms. The third kappa shape index (κ3) is 5.58. The van der Waals surface area contributed by atoms with Crippen molar-refractivity contribution in [2.75, 3.05) is 0 Å². The number of allylic oxidation sites excluding steroid dienone is 4. The number of rotatable bonds is 8. The Balaban J connectivity index is 1.69. The summed E-state index contributed by atoms with van der Waals surface area (Å²) in [5, 5.41) is 0. The minimum atomic E-state index is -0.747. The van der Waals surface area contributed by atoms with E-state index in [1.807, 2.05) is 42.5 Å². The Morgan fingerprint density at radius 1 is 0.857 bits per heavy atom. The second-order valence-corrected chi connectivity index (χ2v) is 11.9. The first-order chi connectivity index (χ1) is 20.3. The summed E-state index contributed by atoms with van der Waals surface area (Å²) >= 11 is 0. The minimum absolute atomic E-state index is 0.0218. The highest BCUT2D eigenvalue weighted by Crippen LogP contribution is 2.57. The molecule has 5 heteroatoms. The molecule has 0 saturated heterocycles. The van der Waals surface area contributed by atoms with Crippen LogP contribution in [0.5, 0.6) is 0 Å². The van der Waals surface area contributed by atoms with Crippen molar-refractivity contribution in [3.8, 4) is 0 Å². The van der Waals surface area contributed by atoms with E-state index in [9.17, 15) is 9.59 Å². The van der Waals surface area contributed by atoms with Crippen molar-refractivity contribution in [3.63, 3.8) is 0 Å². The molecule has 0 amide bonds. The van der Waals surface area contributed by atoms with Gasteiger partial charge in [0.2, 0.25) is 0 Å². The van der Waals surface area contributed by atoms with Gasteiger partial charge >= 0.3 is 11.9 Å². The van der Waals surface area contributed by atoms with Crippen molar-refractivity contribution in [2.45, 2.75) is 64.7 Å². The zero-order chi connectivity index (χ0) is 29.9. The van der Waals surface area contributed by atoms with Crippen molar-refractivity contribution in [2.24, 2.45) is 23.0 Å². The third-order valence-corrected chi connectivity index (χ3v) is 9.34. The molecule has 0 aromatic heterocycles. The van der Waals surface area contributed by atoms with Gasteiger partial charge in [0, 0.05) is 17.9 Å². The number of nitrogens with two attached hydrogens (primary N) is 1. The Morgan fingerprint density at radius 3 is 2.05 bits per heavy atom. The largest absolute Gasteiger partial charge is 0.454 e. The zero-order valence-electron chi connectivity index (χ0n) is 24.9. The molecule has 2 aliphatic carbocycles. The smallest absolute Gasteiger partial charge is 0.338 e. The highest BCUT2D eigenvalue weighted by Gasteiger charge is 2.58. The first-order valence-electron chi connectivity index (χ1n) is 15.0. The van der Waals surface area contributed by atoms with E-state index in [1.165, 1.54) is 0 Å². The van der Waals surface area contributed by atoms with Crippen molar-refractivity contribution in [1.82, 2.24) is 0 Å². The van der Waals surface area contributed by atoms with Crippen LogP contribution < -0.4 is 5.73 Å². The molecule has 3 aromatic carbocycles. The number of hydrogen-bond acceptors (Lipinski definition) is 5. The second-order valence-electron chi connectivity index (χ2n) is 11.9. The molecule has 7 atom stereocenters. The van der Waals surface area contributed by atoms with Crippen LogP contribution in [0.15, 0.2) is 103 Å². The van der Waals surface area contributed by atoms with E-state index >= 15 is 0 Å². The van der Waals surface area contributed by atoms with E-state index in [2.05, 4.69) is 64.1 Å². The lowest BCUT2D eigenvalue weighted by atomic mass is 9.52. The number of esters is 2. The van der Waals surface area contributed by atoms with Gasteiger partial charge in [0.25, 0.3) is 0 Å². The van der Waals surface area contributed by atoms with Crippen LogP contribution in [0, 0.1) is 24.2 Å². The first kappa shape index (κ1) is 29.5. The van der Waals surface area contributed by atoms with Crippen LogP contribution in [0.4, 0.5) is 0 Å². The second kappa shape index (κ2) is 12.5. The molecule has 1 fully saturated rings. The van der Waals surface area contributed by atoms with Gasteiger partial charge in [0.05, 0.1) is 11.1 Å². The quantitative estimate of drug-likeness (QED) is 0.284. The fourth-order valence-corrected chi connectivity index (χ4v) is 6.91. The molecule has 42 heavy (non-hydrogen) atoms. The van der Waals surface area contributed by atoms with Crippen molar-refractivity contribution >= 4 is 11.9 Å². The molecule has 0 heterocycles. The molecule has 0 radical (unpaired) electrons. The van der Waals surface area contributed by atoms with E-state index < -0.39 is 24.1 Å². The predicted molar refractivity (Wildman–Crippen MR) is 166 cm³/mol. The third-order valence-electron chi connectivity index (χ3n) is 9.34. The fourth-order valence-electron chi connectivity index (χ4n) is 6.91. The highest BCUT2D eigenvalue weighted by atomic mass is 16.6. The monoisotopic (exact) mass is 563 g/mol. The van der Waals surface area contributed by atoms with Gasteiger partial charge in [-0.25, -0.2) is 9.59 Å². The molecular weight excluding hydrogens is 522 g/mol. The lowest BCUT2D eigenvalue weighted by Gasteiger charge is -2.55. The molecule has 5 nitrogen and oxygen atoms in total. The Labute approximate surface area is 249 Å². The summed E-state index contributed by atoms with van der Waals surface area (Å²) in [7, 11) is 0. The first-order valence-corrected chi connectivity index (χ1v) is 15.0. The Morgan fingerprint density at radius 2 is 1.45 bits per heavy atom. The summed E-state index contributed by atoms with van der Waals surface area (Å²) in [6, 6.07) is 24.1. The van der Waals surface area contributed by atoms with Gasteiger partial charge in [-0.05, 0) is 65.6 Å². The van der Waals surface area contributed by atoms with Crippen molar-refractivity contribution < 1.29 is 19.1 Å². The topological polar surface area (TPSA) is 78.6 Å². The van der Waals surface area contributed by atoms with E-state index in [1.54, 1.807) is 24.3 Å². The Kier molecular flexibility index (Phi) is 8.79. The van der Waals surface area contributed by atoms with Gasteiger partial charge < -0.3 is 15.2 Å². The summed E-state index contributed by atoms with van der Waals surface area (Å²) < 4.78 is 12.9. The fraction of sp³-hybridized carbons (Fsp3) is 0.351. The van der Waals surface area contributed by atoms with Gasteiger partial charge in [-0.1, -0.05) is 106 Å². The molecule has 5 rings (SSSR count). The number of aryl methyl sites for hydroxylation is 1. The molecule has 2 N–H and O–H groups in total. The van der Waals surface area contributed by atoms with Crippen LogP contribution in [0.25, 0.3) is 0 Å². The van der Waals surface area contributed by atoms with E-state index in [0.29, 0.717) is 11.1 Å². The van der Waals surface area contributed by atoms with Crippen LogP contribution in [0.3, 0.4) is 0 Å². The summed E-state index contributed by atoms with van der Waals surface area (Å²) in [5.74, 6) is -1.35. The Hall–Kier alpha value is -3.96. The number of hydrogen-bond donors (Lipinski definition) is 1. The van der Waals surface area contributed by atoms with Crippen molar-refractivity contribution in [3.05, 3.63) is 131 Å². The molecule has 0 bridgehead atoms. The van der Waals surface area contributed by atoms with Gasteiger partial charge in [-0.15, -0.1) is 0 Å². The maximum atomic E-state index is 13.7. The number of benzene rings is 3. The van der Waals surface area contributed by atoms with E-state index in [0.717, 1.165) is 29.5 Å². The molecule has 6 unspecified atom stereocenters. The number of carbonyl (C=O) groups is 2. The van der Waals surface area contributed by atoms with Crippen LogP contribution >= 0.6 is 0 Å². The van der Waals surface area contributed by atoms with Gasteiger partial charge in [-0.2, -0.15) is 0 Å². The van der Waals surface area contributed by atoms with Crippen molar-refractivity contribution in [1.29, 1.82) is 0 Å². The lowest BCUT2D eigenvalue weighted by molar-refractivity contribution is -0.121. The van der Waals surface area contributed by atoms with E-state index in [-0.39, 0.29) is 29.2 Å².